The molecule has 1 fully saturated rings. The fourth-order valence-electron chi connectivity index (χ4n) is 1.90. The van der Waals surface area contributed by atoms with Crippen LogP contribution >= 0.6 is 0 Å². The molecule has 0 spiro atoms. The van der Waals surface area contributed by atoms with Crippen molar-refractivity contribution in [2.75, 3.05) is 23.5 Å². The highest BCUT2D eigenvalue weighted by Gasteiger charge is 2.26. The lowest BCUT2D eigenvalue weighted by Crippen LogP contribution is -2.41. The number of anilines is 2. The van der Waals surface area contributed by atoms with Crippen molar-refractivity contribution in [2.45, 2.75) is 19.8 Å². The van der Waals surface area contributed by atoms with E-state index in [-0.39, 0.29) is 0 Å². The fourth-order valence-corrected chi connectivity index (χ4v) is 3.14. The zero-order chi connectivity index (χ0) is 13.2. The van der Waals surface area contributed by atoms with E-state index in [2.05, 4.69) is 16.6 Å². The standard InChI is InChI=1S/C11H18N4O2S/c1-9-4-6-15(7-5-9)18(16,17)14-10-2-3-11(12)13-8-10/h2-3,8-9,14H,4-7H2,1H3,(H2,12,13). The van der Waals surface area contributed by atoms with Gasteiger partial charge >= 0.3 is 10.2 Å². The van der Waals surface area contributed by atoms with E-state index in [0.29, 0.717) is 30.5 Å². The van der Waals surface area contributed by atoms with E-state index in [1.54, 1.807) is 12.1 Å². The van der Waals surface area contributed by atoms with Crippen molar-refractivity contribution < 1.29 is 8.42 Å². The van der Waals surface area contributed by atoms with Crippen molar-refractivity contribution in [3.8, 4) is 0 Å². The summed E-state index contributed by atoms with van der Waals surface area (Å²) < 4.78 is 28.2. The first-order chi connectivity index (χ1) is 8.47. The Bertz CT molecular complexity index is 492. The normalized spacial score (nSPS) is 18.7. The quantitative estimate of drug-likeness (QED) is 0.859. The molecular weight excluding hydrogens is 252 g/mol. The van der Waals surface area contributed by atoms with Crippen LogP contribution in [0.2, 0.25) is 0 Å². The molecule has 1 aromatic rings. The number of nitrogen functional groups attached to an aromatic ring is 1. The molecule has 7 heteroatoms. The minimum absolute atomic E-state index is 0.366. The number of piperidine rings is 1. The van der Waals surface area contributed by atoms with Gasteiger partial charge in [-0.3, -0.25) is 4.72 Å². The zero-order valence-electron chi connectivity index (χ0n) is 10.3. The summed E-state index contributed by atoms with van der Waals surface area (Å²) in [7, 11) is -3.47. The molecule has 3 N–H and O–H groups in total. The van der Waals surface area contributed by atoms with Crippen molar-refractivity contribution in [1.82, 2.24) is 9.29 Å². The number of rotatable bonds is 3. The Morgan fingerprint density at radius 2 is 2.06 bits per heavy atom. The van der Waals surface area contributed by atoms with Crippen LogP contribution in [0.25, 0.3) is 0 Å². The van der Waals surface area contributed by atoms with Gasteiger partial charge in [0.05, 0.1) is 11.9 Å². The van der Waals surface area contributed by atoms with E-state index in [0.717, 1.165) is 12.8 Å². The average molecular weight is 270 g/mol. The topological polar surface area (TPSA) is 88.3 Å². The van der Waals surface area contributed by atoms with Crippen molar-refractivity contribution >= 4 is 21.7 Å². The van der Waals surface area contributed by atoms with Gasteiger partial charge < -0.3 is 5.73 Å². The predicted molar refractivity (Wildman–Crippen MR) is 71.2 cm³/mol. The van der Waals surface area contributed by atoms with Crippen LogP contribution in [0.15, 0.2) is 18.3 Å². The molecule has 0 aromatic carbocycles. The Morgan fingerprint density at radius 3 is 2.61 bits per heavy atom. The molecule has 100 valence electrons. The van der Waals surface area contributed by atoms with E-state index in [4.69, 9.17) is 5.73 Å². The van der Waals surface area contributed by atoms with Crippen LogP contribution < -0.4 is 10.5 Å². The van der Waals surface area contributed by atoms with Gasteiger partial charge in [0.25, 0.3) is 0 Å². The summed E-state index contributed by atoms with van der Waals surface area (Å²) in [5.74, 6) is 0.958. The van der Waals surface area contributed by atoms with Crippen LogP contribution in [0.1, 0.15) is 19.8 Å². The molecule has 1 saturated heterocycles. The molecule has 2 rings (SSSR count). The molecule has 1 aliphatic rings. The Kier molecular flexibility index (Phi) is 3.72. The van der Waals surface area contributed by atoms with Gasteiger partial charge in [0, 0.05) is 13.1 Å². The molecule has 2 heterocycles. The maximum Gasteiger partial charge on any atom is 0.301 e. The van der Waals surface area contributed by atoms with Crippen LogP contribution in [0.5, 0.6) is 0 Å². The molecule has 0 radical (unpaired) electrons. The molecule has 18 heavy (non-hydrogen) atoms. The Balaban J connectivity index is 2.05. The van der Waals surface area contributed by atoms with Gasteiger partial charge in [-0.2, -0.15) is 12.7 Å². The summed E-state index contributed by atoms with van der Waals surface area (Å²) in [5.41, 5.74) is 5.88. The predicted octanol–water partition coefficient (Wildman–Crippen LogP) is 1.05. The van der Waals surface area contributed by atoms with Crippen LogP contribution in [0, 0.1) is 5.92 Å². The van der Waals surface area contributed by atoms with Crippen molar-refractivity contribution in [2.24, 2.45) is 5.92 Å². The maximum atomic E-state index is 12.1. The van der Waals surface area contributed by atoms with Crippen LogP contribution in [-0.2, 0) is 10.2 Å². The molecule has 0 amide bonds. The monoisotopic (exact) mass is 270 g/mol. The van der Waals surface area contributed by atoms with Crippen molar-refractivity contribution in [3.05, 3.63) is 18.3 Å². The molecule has 6 nitrogen and oxygen atoms in total. The number of nitrogens with zero attached hydrogens (tertiary/aromatic N) is 2. The first kappa shape index (κ1) is 13.1. The van der Waals surface area contributed by atoms with Gasteiger partial charge in [-0.1, -0.05) is 6.92 Å². The summed E-state index contributed by atoms with van der Waals surface area (Å²) in [5, 5.41) is 0. The van der Waals surface area contributed by atoms with Crippen LogP contribution in [0.4, 0.5) is 11.5 Å². The Labute approximate surface area is 107 Å². The third kappa shape index (κ3) is 3.11. The van der Waals surface area contributed by atoms with E-state index in [1.165, 1.54) is 10.5 Å². The van der Waals surface area contributed by atoms with Gasteiger partial charge in [-0.25, -0.2) is 4.98 Å². The third-order valence-corrected chi connectivity index (χ3v) is 4.65. The molecule has 1 aliphatic heterocycles. The van der Waals surface area contributed by atoms with E-state index in [1.807, 2.05) is 0 Å². The smallest absolute Gasteiger partial charge is 0.301 e. The second-order valence-corrected chi connectivity index (χ2v) is 6.33. The summed E-state index contributed by atoms with van der Waals surface area (Å²) in [6, 6.07) is 3.17. The largest absolute Gasteiger partial charge is 0.384 e. The fraction of sp³-hybridized carbons (Fsp3) is 0.545. The molecule has 0 bridgehead atoms. The zero-order valence-corrected chi connectivity index (χ0v) is 11.2. The molecule has 0 aliphatic carbocycles. The molecular formula is C11H18N4O2S. The minimum atomic E-state index is -3.47. The van der Waals surface area contributed by atoms with Crippen LogP contribution in [0.3, 0.4) is 0 Å². The van der Waals surface area contributed by atoms with E-state index >= 15 is 0 Å². The van der Waals surface area contributed by atoms with Gasteiger partial charge in [0.15, 0.2) is 0 Å². The summed E-state index contributed by atoms with van der Waals surface area (Å²) in [4.78, 5) is 3.85. The number of hydrogen-bond donors (Lipinski definition) is 2. The Morgan fingerprint density at radius 1 is 1.39 bits per heavy atom. The second kappa shape index (κ2) is 5.11. The maximum absolute atomic E-state index is 12.1. The summed E-state index contributed by atoms with van der Waals surface area (Å²) in [6.07, 6.45) is 3.22. The number of aromatic nitrogens is 1. The number of nitrogens with two attached hydrogens (primary N) is 1. The first-order valence-corrected chi connectivity index (χ1v) is 7.41. The lowest BCUT2D eigenvalue weighted by atomic mass is 10.0. The molecule has 1 aromatic heterocycles. The third-order valence-electron chi connectivity index (χ3n) is 3.12. The van der Waals surface area contributed by atoms with Crippen LogP contribution in [-0.4, -0.2) is 30.8 Å². The van der Waals surface area contributed by atoms with Gasteiger partial charge in [0.2, 0.25) is 0 Å². The first-order valence-electron chi connectivity index (χ1n) is 5.97. The van der Waals surface area contributed by atoms with Gasteiger partial charge in [-0.05, 0) is 30.9 Å². The molecule has 0 atom stereocenters. The lowest BCUT2D eigenvalue weighted by molar-refractivity contribution is 0.289. The average Bonchev–Trinajstić information content (AvgIpc) is 2.32. The summed E-state index contributed by atoms with van der Waals surface area (Å²) in [6.45, 7) is 3.28. The van der Waals surface area contributed by atoms with E-state index < -0.39 is 10.2 Å². The second-order valence-electron chi connectivity index (χ2n) is 4.66. The van der Waals surface area contributed by atoms with Gasteiger partial charge in [0.1, 0.15) is 5.82 Å². The number of pyridine rings is 1. The Hall–Kier alpha value is -1.34. The van der Waals surface area contributed by atoms with Crippen molar-refractivity contribution in [1.29, 1.82) is 0 Å². The molecule has 0 unspecified atom stereocenters. The summed E-state index contributed by atoms with van der Waals surface area (Å²) >= 11 is 0. The van der Waals surface area contributed by atoms with Gasteiger partial charge in [-0.15, -0.1) is 0 Å². The van der Waals surface area contributed by atoms with Crippen molar-refractivity contribution in [3.63, 3.8) is 0 Å². The van der Waals surface area contributed by atoms with E-state index in [9.17, 15) is 8.42 Å². The lowest BCUT2D eigenvalue weighted by Gasteiger charge is -2.29. The highest BCUT2D eigenvalue weighted by molar-refractivity contribution is 7.90. The SMILES string of the molecule is CC1CCN(S(=O)(=O)Nc2ccc(N)nc2)CC1. The number of nitrogens with one attached hydrogen (secondary N) is 1. The highest BCUT2D eigenvalue weighted by atomic mass is 32.2. The number of hydrogen-bond acceptors (Lipinski definition) is 4. The molecule has 0 saturated carbocycles. The highest BCUT2D eigenvalue weighted by Crippen LogP contribution is 2.20. The minimum Gasteiger partial charge on any atom is -0.384 e.